The van der Waals surface area contributed by atoms with Crippen molar-refractivity contribution in [2.75, 3.05) is 12.4 Å². The molecule has 0 rings (SSSR count). The van der Waals surface area contributed by atoms with Crippen molar-refractivity contribution < 1.29 is 13.2 Å². The van der Waals surface area contributed by atoms with Crippen molar-refractivity contribution in [3.8, 4) is 0 Å². The zero-order chi connectivity index (χ0) is 10.5. The third-order valence-electron chi connectivity index (χ3n) is 2.04. The van der Waals surface area contributed by atoms with Gasteiger partial charge in [-0.1, -0.05) is 6.92 Å². The van der Waals surface area contributed by atoms with Gasteiger partial charge in [0.2, 0.25) is 0 Å². The number of hydrogen-bond acceptors (Lipinski definition) is 1. The van der Waals surface area contributed by atoms with Crippen LogP contribution in [0.25, 0.3) is 0 Å². The summed E-state index contributed by atoms with van der Waals surface area (Å²) in [6.07, 6.45) is -4.18. The van der Waals surface area contributed by atoms with Gasteiger partial charge in [-0.15, -0.1) is 11.6 Å². The largest absolute Gasteiger partial charge is 0.390 e. The summed E-state index contributed by atoms with van der Waals surface area (Å²) in [7, 11) is 0. The summed E-state index contributed by atoms with van der Waals surface area (Å²) in [5, 5.41) is 2.80. The van der Waals surface area contributed by atoms with Gasteiger partial charge in [-0.2, -0.15) is 13.2 Å². The highest BCUT2D eigenvalue weighted by Gasteiger charge is 2.28. The lowest BCUT2D eigenvalue weighted by molar-refractivity contribution is -0.134. The Kier molecular flexibility index (Phi) is 5.07. The van der Waals surface area contributed by atoms with E-state index >= 15 is 0 Å². The highest BCUT2D eigenvalue weighted by Crippen LogP contribution is 2.19. The molecule has 1 atom stereocenters. The van der Waals surface area contributed by atoms with Crippen molar-refractivity contribution in [2.24, 2.45) is 0 Å². The van der Waals surface area contributed by atoms with Crippen molar-refractivity contribution in [3.05, 3.63) is 0 Å². The minimum Gasteiger partial charge on any atom is -0.310 e. The molecule has 80 valence electrons. The number of hydrogen-bond donors (Lipinski definition) is 1. The Morgan fingerprint density at radius 2 is 1.85 bits per heavy atom. The average molecular weight is 218 g/mol. The quantitative estimate of drug-likeness (QED) is 0.699. The van der Waals surface area contributed by atoms with E-state index in [1.807, 2.05) is 13.8 Å². The van der Waals surface area contributed by atoms with E-state index in [-0.39, 0.29) is 12.1 Å². The molecule has 0 aliphatic heterocycles. The predicted molar refractivity (Wildman–Crippen MR) is 48.1 cm³/mol. The maximum Gasteiger partial charge on any atom is 0.390 e. The molecule has 0 aliphatic rings. The lowest BCUT2D eigenvalue weighted by Crippen LogP contribution is -2.44. The summed E-state index contributed by atoms with van der Waals surface area (Å²) in [5.41, 5.74) is -0.382. The van der Waals surface area contributed by atoms with Crippen LogP contribution in [0.1, 0.15) is 26.7 Å². The summed E-state index contributed by atoms with van der Waals surface area (Å²) in [6.45, 7) is 3.64. The number of halogens is 4. The van der Waals surface area contributed by atoms with Gasteiger partial charge in [-0.05, 0) is 13.3 Å². The molecule has 0 radical (unpaired) electrons. The summed E-state index contributed by atoms with van der Waals surface area (Å²) < 4.78 is 35.3. The van der Waals surface area contributed by atoms with E-state index in [2.05, 4.69) is 5.32 Å². The Labute approximate surface area is 81.6 Å². The van der Waals surface area contributed by atoms with Crippen LogP contribution in [0.2, 0.25) is 0 Å². The Morgan fingerprint density at radius 3 is 2.15 bits per heavy atom. The third kappa shape index (κ3) is 6.16. The van der Waals surface area contributed by atoms with Crippen LogP contribution in [0.15, 0.2) is 0 Å². The van der Waals surface area contributed by atoms with Crippen molar-refractivity contribution in [1.29, 1.82) is 0 Å². The first-order chi connectivity index (χ1) is 5.83. The van der Waals surface area contributed by atoms with Gasteiger partial charge in [0.05, 0.1) is 6.42 Å². The molecule has 0 saturated heterocycles. The molecular formula is C8H15ClF3N. The summed E-state index contributed by atoms with van der Waals surface area (Å²) in [4.78, 5) is 0. The first kappa shape index (κ1) is 13.0. The maximum absolute atomic E-state index is 11.8. The lowest BCUT2D eigenvalue weighted by Gasteiger charge is -2.27. The molecule has 0 heterocycles. The van der Waals surface area contributed by atoms with Gasteiger partial charge in [-0.25, -0.2) is 0 Å². The van der Waals surface area contributed by atoms with E-state index in [1.165, 1.54) is 0 Å². The van der Waals surface area contributed by atoms with E-state index < -0.39 is 12.6 Å². The van der Waals surface area contributed by atoms with Crippen molar-refractivity contribution in [2.45, 2.75) is 38.4 Å². The van der Waals surface area contributed by atoms with Gasteiger partial charge in [-0.3, -0.25) is 0 Å². The maximum atomic E-state index is 11.8. The normalized spacial score (nSPS) is 17.1. The second-order valence-electron chi connectivity index (χ2n) is 3.34. The highest BCUT2D eigenvalue weighted by atomic mass is 35.5. The number of alkyl halides is 4. The molecule has 1 unspecified atom stereocenters. The smallest absolute Gasteiger partial charge is 0.310 e. The first-order valence-corrected chi connectivity index (χ1v) is 4.74. The van der Waals surface area contributed by atoms with E-state index in [1.54, 1.807) is 0 Å². The van der Waals surface area contributed by atoms with E-state index in [0.29, 0.717) is 12.3 Å². The molecule has 0 aromatic rings. The lowest BCUT2D eigenvalue weighted by atomic mass is 10.0. The highest BCUT2D eigenvalue weighted by molar-refractivity contribution is 6.18. The van der Waals surface area contributed by atoms with E-state index in [9.17, 15) is 13.2 Å². The van der Waals surface area contributed by atoms with Gasteiger partial charge >= 0.3 is 6.18 Å². The molecule has 13 heavy (non-hydrogen) atoms. The topological polar surface area (TPSA) is 12.0 Å². The molecule has 0 aromatic heterocycles. The van der Waals surface area contributed by atoms with Crippen LogP contribution in [0, 0.1) is 0 Å². The molecular weight excluding hydrogens is 203 g/mol. The number of rotatable bonds is 5. The SMILES string of the molecule is CCC(C)(CCl)NCCC(F)(F)F. The molecule has 0 amide bonds. The molecule has 1 N–H and O–H groups in total. The molecule has 0 aromatic carbocycles. The molecule has 0 spiro atoms. The zero-order valence-electron chi connectivity index (χ0n) is 7.84. The van der Waals surface area contributed by atoms with Gasteiger partial charge in [0.15, 0.2) is 0 Å². The van der Waals surface area contributed by atoms with E-state index in [0.717, 1.165) is 0 Å². The second-order valence-corrected chi connectivity index (χ2v) is 3.61. The van der Waals surface area contributed by atoms with Gasteiger partial charge in [0, 0.05) is 18.0 Å². The first-order valence-electron chi connectivity index (χ1n) is 4.21. The van der Waals surface area contributed by atoms with Crippen molar-refractivity contribution in [3.63, 3.8) is 0 Å². The summed E-state index contributed by atoms with van der Waals surface area (Å²) in [6, 6.07) is 0. The van der Waals surface area contributed by atoms with Crippen molar-refractivity contribution in [1.82, 2.24) is 5.32 Å². The fourth-order valence-corrected chi connectivity index (χ4v) is 1.06. The monoisotopic (exact) mass is 217 g/mol. The van der Waals surface area contributed by atoms with Crippen LogP contribution >= 0.6 is 11.6 Å². The average Bonchev–Trinajstić information content (AvgIpc) is 2.02. The Balaban J connectivity index is 3.74. The van der Waals surface area contributed by atoms with Crippen LogP contribution in [0.3, 0.4) is 0 Å². The van der Waals surface area contributed by atoms with Crippen LogP contribution in [-0.2, 0) is 0 Å². The minimum atomic E-state index is -4.09. The Hall–Kier alpha value is 0.0400. The van der Waals surface area contributed by atoms with Crippen LogP contribution in [0.4, 0.5) is 13.2 Å². The molecule has 0 bridgehead atoms. The fourth-order valence-electron chi connectivity index (χ4n) is 0.773. The summed E-state index contributed by atoms with van der Waals surface area (Å²) >= 11 is 5.62. The second kappa shape index (κ2) is 5.05. The molecule has 0 aliphatic carbocycles. The van der Waals surface area contributed by atoms with Gasteiger partial charge in [0.1, 0.15) is 0 Å². The molecule has 1 nitrogen and oxygen atoms in total. The van der Waals surface area contributed by atoms with Crippen LogP contribution in [-0.4, -0.2) is 24.1 Å². The van der Waals surface area contributed by atoms with Gasteiger partial charge in [0.25, 0.3) is 0 Å². The van der Waals surface area contributed by atoms with Crippen LogP contribution in [0.5, 0.6) is 0 Å². The van der Waals surface area contributed by atoms with E-state index in [4.69, 9.17) is 11.6 Å². The van der Waals surface area contributed by atoms with Crippen molar-refractivity contribution >= 4 is 11.6 Å². The van der Waals surface area contributed by atoms with Gasteiger partial charge < -0.3 is 5.32 Å². The number of nitrogens with one attached hydrogen (secondary N) is 1. The predicted octanol–water partition coefficient (Wildman–Crippen LogP) is 2.94. The molecule has 0 fully saturated rings. The third-order valence-corrected chi connectivity index (χ3v) is 2.63. The minimum absolute atomic E-state index is 0.0689. The Morgan fingerprint density at radius 1 is 1.31 bits per heavy atom. The standard InChI is InChI=1S/C8H15ClF3N/c1-3-7(2,6-9)13-5-4-8(10,11)12/h13H,3-6H2,1-2H3. The van der Waals surface area contributed by atoms with Crippen LogP contribution < -0.4 is 5.32 Å². The summed E-state index contributed by atoms with van der Waals surface area (Å²) in [5.74, 6) is 0.321. The zero-order valence-corrected chi connectivity index (χ0v) is 8.60. The fraction of sp³-hybridized carbons (Fsp3) is 1.00. The molecule has 5 heteroatoms. The molecule has 0 saturated carbocycles. The Bertz CT molecular complexity index is 143.